The summed E-state index contributed by atoms with van der Waals surface area (Å²) in [6.45, 7) is 7.24. The van der Waals surface area contributed by atoms with Crippen molar-refractivity contribution < 1.29 is 4.74 Å². The monoisotopic (exact) mass is 252 g/mol. The first kappa shape index (κ1) is 13.5. The van der Waals surface area contributed by atoms with Gasteiger partial charge in [-0.2, -0.15) is 0 Å². The van der Waals surface area contributed by atoms with Crippen molar-refractivity contribution in [1.29, 1.82) is 0 Å². The van der Waals surface area contributed by atoms with E-state index < -0.39 is 0 Å². The van der Waals surface area contributed by atoms with Gasteiger partial charge < -0.3 is 14.6 Å². The van der Waals surface area contributed by atoms with Crippen LogP contribution in [0.15, 0.2) is 12.4 Å². The number of nitrogens with zero attached hydrogens (tertiary/aromatic N) is 3. The Bertz CT molecular complexity index is 333. The second kappa shape index (κ2) is 7.51. The van der Waals surface area contributed by atoms with Crippen molar-refractivity contribution in [3.8, 4) is 0 Å². The minimum atomic E-state index is 0.895. The lowest BCUT2D eigenvalue weighted by Gasteiger charge is -2.26. The molecular formula is C13H24N4O. The van der Waals surface area contributed by atoms with Gasteiger partial charge in [0.2, 0.25) is 0 Å². The van der Waals surface area contributed by atoms with Crippen LogP contribution >= 0.6 is 0 Å². The highest BCUT2D eigenvalue weighted by atomic mass is 16.5. The van der Waals surface area contributed by atoms with Crippen LogP contribution in [0, 0.1) is 0 Å². The Morgan fingerprint density at radius 2 is 2.17 bits per heavy atom. The molecule has 5 nitrogen and oxygen atoms in total. The number of rotatable bonds is 7. The molecule has 0 spiro atoms. The van der Waals surface area contributed by atoms with Crippen molar-refractivity contribution in [1.82, 2.24) is 19.8 Å². The van der Waals surface area contributed by atoms with E-state index in [0.717, 1.165) is 51.6 Å². The van der Waals surface area contributed by atoms with Crippen molar-refractivity contribution in [2.75, 3.05) is 45.9 Å². The Hall–Kier alpha value is -0.910. The number of hydrogen-bond donors (Lipinski definition) is 1. The molecule has 102 valence electrons. The highest BCUT2D eigenvalue weighted by Crippen LogP contribution is 1.97. The van der Waals surface area contributed by atoms with Gasteiger partial charge in [0, 0.05) is 45.5 Å². The molecule has 0 atom stereocenters. The third-order valence-corrected chi connectivity index (χ3v) is 3.38. The van der Waals surface area contributed by atoms with Gasteiger partial charge in [-0.3, -0.25) is 4.90 Å². The second-order valence-corrected chi connectivity index (χ2v) is 4.76. The Balaban J connectivity index is 1.47. The molecule has 0 unspecified atom stereocenters. The zero-order valence-electron chi connectivity index (χ0n) is 11.3. The Kier molecular flexibility index (Phi) is 5.64. The van der Waals surface area contributed by atoms with Crippen LogP contribution in [0.2, 0.25) is 0 Å². The molecule has 2 heterocycles. The number of ether oxygens (including phenoxy) is 1. The van der Waals surface area contributed by atoms with Gasteiger partial charge in [-0.15, -0.1) is 0 Å². The molecule has 2 rings (SSSR count). The molecule has 0 bridgehead atoms. The normalized spacial score (nSPS) is 17.2. The largest absolute Gasteiger partial charge is 0.379 e. The summed E-state index contributed by atoms with van der Waals surface area (Å²) in [4.78, 5) is 6.78. The number of hydrogen-bond acceptors (Lipinski definition) is 4. The van der Waals surface area contributed by atoms with Crippen molar-refractivity contribution >= 4 is 0 Å². The van der Waals surface area contributed by atoms with Gasteiger partial charge in [0.05, 0.1) is 13.2 Å². The van der Waals surface area contributed by atoms with Crippen LogP contribution < -0.4 is 5.32 Å². The summed E-state index contributed by atoms with van der Waals surface area (Å²) in [7, 11) is 2.04. The lowest BCUT2D eigenvalue weighted by molar-refractivity contribution is 0.0374. The molecular weight excluding hydrogens is 228 g/mol. The Labute approximate surface area is 109 Å². The average molecular weight is 252 g/mol. The first-order valence-electron chi connectivity index (χ1n) is 6.83. The van der Waals surface area contributed by atoms with Crippen molar-refractivity contribution in [2.45, 2.75) is 12.8 Å². The van der Waals surface area contributed by atoms with Crippen molar-refractivity contribution in [3.05, 3.63) is 18.2 Å². The van der Waals surface area contributed by atoms with Crippen LogP contribution in [0.1, 0.15) is 12.2 Å². The quantitative estimate of drug-likeness (QED) is 0.708. The minimum absolute atomic E-state index is 0.895. The second-order valence-electron chi connectivity index (χ2n) is 4.76. The summed E-state index contributed by atoms with van der Waals surface area (Å²) >= 11 is 0. The number of nitrogens with one attached hydrogen (secondary N) is 1. The van der Waals surface area contributed by atoms with Gasteiger partial charge >= 0.3 is 0 Å². The molecule has 1 aliphatic rings. The van der Waals surface area contributed by atoms with E-state index in [4.69, 9.17) is 4.74 Å². The highest BCUT2D eigenvalue weighted by Gasteiger charge is 2.08. The van der Waals surface area contributed by atoms with Gasteiger partial charge in [-0.1, -0.05) is 0 Å². The predicted molar refractivity (Wildman–Crippen MR) is 71.7 cm³/mol. The van der Waals surface area contributed by atoms with Crippen molar-refractivity contribution in [3.63, 3.8) is 0 Å². The van der Waals surface area contributed by atoms with Gasteiger partial charge in [0.15, 0.2) is 0 Å². The summed E-state index contributed by atoms with van der Waals surface area (Å²) < 4.78 is 7.41. The first-order valence-corrected chi connectivity index (χ1v) is 6.83. The smallest absolute Gasteiger partial charge is 0.109 e. The van der Waals surface area contributed by atoms with Gasteiger partial charge in [0.1, 0.15) is 5.82 Å². The first-order chi connectivity index (χ1) is 8.86. The molecule has 0 saturated carbocycles. The van der Waals surface area contributed by atoms with E-state index in [-0.39, 0.29) is 0 Å². The molecule has 5 heteroatoms. The van der Waals surface area contributed by atoms with E-state index in [1.165, 1.54) is 13.0 Å². The number of aryl methyl sites for hydroxylation is 1. The molecule has 0 radical (unpaired) electrons. The summed E-state index contributed by atoms with van der Waals surface area (Å²) in [6, 6.07) is 0. The maximum Gasteiger partial charge on any atom is 0.109 e. The summed E-state index contributed by atoms with van der Waals surface area (Å²) in [6.07, 6.45) is 6.06. The Morgan fingerprint density at radius 3 is 2.89 bits per heavy atom. The molecule has 1 aliphatic heterocycles. The standard InChI is InChI=1S/C13H24N4O/c1-16-8-6-15-13(16)3-5-14-4-2-7-17-9-11-18-12-10-17/h6,8,14H,2-5,7,9-12H2,1H3. The zero-order valence-corrected chi connectivity index (χ0v) is 11.3. The molecule has 1 saturated heterocycles. The van der Waals surface area contributed by atoms with Crippen LogP contribution in [0.3, 0.4) is 0 Å². The van der Waals surface area contributed by atoms with Crippen LogP contribution in [0.5, 0.6) is 0 Å². The van der Waals surface area contributed by atoms with E-state index in [0.29, 0.717) is 0 Å². The van der Waals surface area contributed by atoms with Crippen LogP contribution in [-0.2, 0) is 18.2 Å². The predicted octanol–water partition coefficient (Wildman–Crippen LogP) is 0.275. The van der Waals surface area contributed by atoms with E-state index >= 15 is 0 Å². The van der Waals surface area contributed by atoms with Gasteiger partial charge in [0.25, 0.3) is 0 Å². The number of morpholine rings is 1. The molecule has 1 N–H and O–H groups in total. The molecule has 18 heavy (non-hydrogen) atoms. The molecule has 1 aromatic heterocycles. The van der Waals surface area contributed by atoms with E-state index in [1.54, 1.807) is 0 Å². The van der Waals surface area contributed by atoms with E-state index in [2.05, 4.69) is 19.8 Å². The number of aromatic nitrogens is 2. The fourth-order valence-corrected chi connectivity index (χ4v) is 2.22. The zero-order chi connectivity index (χ0) is 12.6. The lowest BCUT2D eigenvalue weighted by Crippen LogP contribution is -2.37. The topological polar surface area (TPSA) is 42.3 Å². The minimum Gasteiger partial charge on any atom is -0.379 e. The molecule has 0 aromatic carbocycles. The van der Waals surface area contributed by atoms with Crippen LogP contribution in [-0.4, -0.2) is 60.4 Å². The molecule has 0 aliphatic carbocycles. The molecule has 1 fully saturated rings. The van der Waals surface area contributed by atoms with Gasteiger partial charge in [-0.25, -0.2) is 4.98 Å². The highest BCUT2D eigenvalue weighted by molar-refractivity contribution is 4.91. The third kappa shape index (κ3) is 4.40. The summed E-state index contributed by atoms with van der Waals surface area (Å²) in [5, 5.41) is 3.48. The van der Waals surface area contributed by atoms with E-state index in [1.807, 2.05) is 19.4 Å². The maximum atomic E-state index is 5.33. The molecule has 1 aromatic rings. The summed E-state index contributed by atoms with van der Waals surface area (Å²) in [5.41, 5.74) is 0. The average Bonchev–Trinajstić information content (AvgIpc) is 2.81. The SMILES string of the molecule is Cn1ccnc1CCNCCCN1CCOCC1. The number of imidazole rings is 1. The maximum absolute atomic E-state index is 5.33. The van der Waals surface area contributed by atoms with Crippen LogP contribution in [0.4, 0.5) is 0 Å². The molecule has 0 amide bonds. The lowest BCUT2D eigenvalue weighted by atomic mass is 10.3. The fourth-order valence-electron chi connectivity index (χ4n) is 2.22. The summed E-state index contributed by atoms with van der Waals surface area (Å²) in [5.74, 6) is 1.15. The fraction of sp³-hybridized carbons (Fsp3) is 0.769. The van der Waals surface area contributed by atoms with Gasteiger partial charge in [-0.05, 0) is 19.5 Å². The Morgan fingerprint density at radius 1 is 1.33 bits per heavy atom. The van der Waals surface area contributed by atoms with E-state index in [9.17, 15) is 0 Å². The van der Waals surface area contributed by atoms with Crippen LogP contribution in [0.25, 0.3) is 0 Å². The van der Waals surface area contributed by atoms with Crippen molar-refractivity contribution in [2.24, 2.45) is 7.05 Å². The third-order valence-electron chi connectivity index (χ3n) is 3.38.